The van der Waals surface area contributed by atoms with Crippen LogP contribution in [0, 0.1) is 0 Å². The van der Waals surface area contributed by atoms with Crippen LogP contribution in [0.25, 0.3) is 0 Å². The Morgan fingerprint density at radius 3 is 2.82 bits per heavy atom. The van der Waals surface area contributed by atoms with Gasteiger partial charge in [0.15, 0.2) is 5.60 Å². The van der Waals surface area contributed by atoms with Crippen LogP contribution in [0.3, 0.4) is 0 Å². The summed E-state index contributed by atoms with van der Waals surface area (Å²) in [4.78, 5) is 25.6. The molecule has 1 saturated heterocycles. The lowest BCUT2D eigenvalue weighted by atomic mass is 10.0. The molecule has 2 amide bonds. The fraction of sp³-hybridized carbons (Fsp3) is 0.500. The first-order valence-corrected chi connectivity index (χ1v) is 7.26. The molecular weight excluding hydrogens is 284 g/mol. The second-order valence-electron chi connectivity index (χ2n) is 5.51. The van der Waals surface area contributed by atoms with Crippen molar-refractivity contribution in [3.05, 3.63) is 29.8 Å². The van der Waals surface area contributed by atoms with Gasteiger partial charge >= 0.3 is 0 Å². The zero-order valence-electron chi connectivity index (χ0n) is 13.2. The van der Waals surface area contributed by atoms with E-state index in [1.54, 1.807) is 18.9 Å². The van der Waals surface area contributed by atoms with Gasteiger partial charge in [0.05, 0.1) is 20.3 Å². The summed E-state index contributed by atoms with van der Waals surface area (Å²) in [6.07, 6.45) is 0. The third kappa shape index (κ3) is 3.57. The molecule has 1 unspecified atom stereocenters. The minimum absolute atomic E-state index is 0.0490. The maximum atomic E-state index is 12.4. The average molecular weight is 306 g/mol. The van der Waals surface area contributed by atoms with Gasteiger partial charge < -0.3 is 19.7 Å². The van der Waals surface area contributed by atoms with Gasteiger partial charge in [-0.05, 0) is 13.0 Å². The first-order valence-electron chi connectivity index (χ1n) is 7.26. The second-order valence-corrected chi connectivity index (χ2v) is 5.51. The Kier molecular flexibility index (Phi) is 5.03. The molecule has 1 atom stereocenters. The summed E-state index contributed by atoms with van der Waals surface area (Å²) in [7, 11) is 1.59. The number of morpholine rings is 1. The number of methoxy groups -OCH3 is 1. The predicted molar refractivity (Wildman–Crippen MR) is 81.5 cm³/mol. The van der Waals surface area contributed by atoms with E-state index < -0.39 is 5.60 Å². The van der Waals surface area contributed by atoms with Crippen molar-refractivity contribution in [2.45, 2.75) is 26.0 Å². The molecule has 1 N–H and O–H groups in total. The van der Waals surface area contributed by atoms with E-state index >= 15 is 0 Å². The monoisotopic (exact) mass is 306 g/mol. The maximum Gasteiger partial charge on any atom is 0.254 e. The highest BCUT2D eigenvalue weighted by atomic mass is 16.5. The zero-order valence-corrected chi connectivity index (χ0v) is 13.2. The maximum absolute atomic E-state index is 12.4. The van der Waals surface area contributed by atoms with Crippen LogP contribution in [-0.4, -0.2) is 49.1 Å². The number of ether oxygens (including phenoxy) is 2. The third-order valence-electron chi connectivity index (χ3n) is 3.83. The van der Waals surface area contributed by atoms with Crippen LogP contribution < -0.4 is 10.1 Å². The molecular formula is C16H22N2O4. The van der Waals surface area contributed by atoms with E-state index in [-0.39, 0.29) is 18.4 Å². The molecule has 6 nitrogen and oxygen atoms in total. The van der Waals surface area contributed by atoms with Crippen molar-refractivity contribution in [2.75, 3.05) is 26.8 Å². The Hall–Kier alpha value is -2.08. The van der Waals surface area contributed by atoms with Gasteiger partial charge in [-0.15, -0.1) is 0 Å². The van der Waals surface area contributed by atoms with Crippen LogP contribution in [0.4, 0.5) is 0 Å². The Bertz CT molecular complexity index is 561. The van der Waals surface area contributed by atoms with Crippen molar-refractivity contribution in [2.24, 2.45) is 0 Å². The highest BCUT2D eigenvalue weighted by Crippen LogP contribution is 2.20. The molecule has 0 aliphatic carbocycles. The largest absolute Gasteiger partial charge is 0.496 e. The van der Waals surface area contributed by atoms with E-state index in [1.165, 1.54) is 6.92 Å². The standard InChI is InChI=1S/C16H22N2O4/c1-12(19)18-8-9-22-16(2,11-18)15(20)17-10-13-6-4-5-7-14(13)21-3/h4-7H,8-11H2,1-3H3,(H,17,20). The highest BCUT2D eigenvalue weighted by molar-refractivity contribution is 5.86. The number of nitrogens with one attached hydrogen (secondary N) is 1. The quantitative estimate of drug-likeness (QED) is 0.899. The minimum atomic E-state index is -1.02. The molecule has 1 aliphatic rings. The fourth-order valence-corrected chi connectivity index (χ4v) is 2.49. The van der Waals surface area contributed by atoms with Crippen LogP contribution >= 0.6 is 0 Å². The molecule has 2 rings (SSSR count). The summed E-state index contributed by atoms with van der Waals surface area (Å²) < 4.78 is 10.9. The molecule has 1 heterocycles. The second kappa shape index (κ2) is 6.79. The topological polar surface area (TPSA) is 67.9 Å². The lowest BCUT2D eigenvalue weighted by molar-refractivity contribution is -0.162. The van der Waals surface area contributed by atoms with Crippen molar-refractivity contribution in [1.29, 1.82) is 0 Å². The molecule has 0 saturated carbocycles. The van der Waals surface area contributed by atoms with Gasteiger partial charge in [-0.1, -0.05) is 18.2 Å². The number of hydrogen-bond donors (Lipinski definition) is 1. The molecule has 1 fully saturated rings. The Labute approximate surface area is 130 Å². The van der Waals surface area contributed by atoms with E-state index in [2.05, 4.69) is 5.32 Å². The number of carbonyl (C=O) groups excluding carboxylic acids is 2. The number of benzene rings is 1. The summed E-state index contributed by atoms with van der Waals surface area (Å²) in [5.74, 6) is 0.444. The molecule has 6 heteroatoms. The zero-order chi connectivity index (χ0) is 16.2. The van der Waals surface area contributed by atoms with E-state index in [1.807, 2.05) is 24.3 Å². The molecule has 0 spiro atoms. The van der Waals surface area contributed by atoms with Crippen LogP contribution in [0.2, 0.25) is 0 Å². The SMILES string of the molecule is COc1ccccc1CNC(=O)C1(C)CN(C(C)=O)CCO1. The number of amides is 2. The first kappa shape index (κ1) is 16.3. The molecule has 1 aromatic carbocycles. The smallest absolute Gasteiger partial charge is 0.254 e. The van der Waals surface area contributed by atoms with Gasteiger partial charge in [-0.2, -0.15) is 0 Å². The number of carbonyl (C=O) groups is 2. The summed E-state index contributed by atoms with van der Waals surface area (Å²) in [6, 6.07) is 7.50. The molecule has 0 radical (unpaired) electrons. The van der Waals surface area contributed by atoms with Crippen molar-refractivity contribution < 1.29 is 19.1 Å². The van der Waals surface area contributed by atoms with Crippen molar-refractivity contribution >= 4 is 11.8 Å². The molecule has 1 aromatic rings. The van der Waals surface area contributed by atoms with E-state index in [0.29, 0.717) is 19.7 Å². The van der Waals surface area contributed by atoms with E-state index in [4.69, 9.17) is 9.47 Å². The predicted octanol–water partition coefficient (Wildman–Crippen LogP) is 0.949. The summed E-state index contributed by atoms with van der Waals surface area (Å²) >= 11 is 0. The van der Waals surface area contributed by atoms with Gasteiger partial charge in [0, 0.05) is 25.6 Å². The Morgan fingerprint density at radius 1 is 1.41 bits per heavy atom. The van der Waals surface area contributed by atoms with Crippen LogP contribution in [-0.2, 0) is 20.9 Å². The van der Waals surface area contributed by atoms with Crippen LogP contribution in [0.15, 0.2) is 24.3 Å². The summed E-state index contributed by atoms with van der Waals surface area (Å²) in [6.45, 7) is 4.70. The normalized spacial score (nSPS) is 21.3. The Morgan fingerprint density at radius 2 is 2.14 bits per heavy atom. The first-order chi connectivity index (χ1) is 10.5. The van der Waals surface area contributed by atoms with Gasteiger partial charge in [0.2, 0.25) is 5.91 Å². The summed E-state index contributed by atoms with van der Waals surface area (Å²) in [5, 5.41) is 2.86. The van der Waals surface area contributed by atoms with Crippen molar-refractivity contribution in [3.63, 3.8) is 0 Å². The van der Waals surface area contributed by atoms with Gasteiger partial charge in [-0.25, -0.2) is 0 Å². The molecule has 120 valence electrons. The lowest BCUT2D eigenvalue weighted by Gasteiger charge is -2.38. The van der Waals surface area contributed by atoms with Crippen LogP contribution in [0.1, 0.15) is 19.4 Å². The van der Waals surface area contributed by atoms with E-state index in [9.17, 15) is 9.59 Å². The molecule has 0 aromatic heterocycles. The van der Waals surface area contributed by atoms with Gasteiger partial charge in [0.25, 0.3) is 5.91 Å². The minimum Gasteiger partial charge on any atom is -0.496 e. The van der Waals surface area contributed by atoms with Crippen LogP contribution in [0.5, 0.6) is 5.75 Å². The van der Waals surface area contributed by atoms with Crippen molar-refractivity contribution in [3.8, 4) is 5.75 Å². The van der Waals surface area contributed by atoms with Gasteiger partial charge in [0.1, 0.15) is 5.75 Å². The average Bonchev–Trinajstić information content (AvgIpc) is 2.52. The summed E-state index contributed by atoms with van der Waals surface area (Å²) in [5.41, 5.74) is -0.132. The number of para-hydroxylation sites is 1. The molecule has 22 heavy (non-hydrogen) atoms. The van der Waals surface area contributed by atoms with Crippen molar-refractivity contribution in [1.82, 2.24) is 10.2 Å². The van der Waals surface area contributed by atoms with E-state index in [0.717, 1.165) is 11.3 Å². The lowest BCUT2D eigenvalue weighted by Crippen LogP contribution is -2.58. The number of hydrogen-bond acceptors (Lipinski definition) is 4. The number of nitrogens with zero attached hydrogens (tertiary/aromatic N) is 1. The Balaban J connectivity index is 2.00. The highest BCUT2D eigenvalue weighted by Gasteiger charge is 2.39. The van der Waals surface area contributed by atoms with Gasteiger partial charge in [-0.3, -0.25) is 9.59 Å². The third-order valence-corrected chi connectivity index (χ3v) is 3.83. The number of rotatable bonds is 4. The molecule has 1 aliphatic heterocycles. The molecule has 0 bridgehead atoms. The fourth-order valence-electron chi connectivity index (χ4n) is 2.49.